The third-order valence-corrected chi connectivity index (χ3v) is 4.17. The maximum Gasteiger partial charge on any atom is 0.327 e. The molecular weight excluding hydrogens is 344 g/mol. The van der Waals surface area contributed by atoms with Gasteiger partial charge < -0.3 is 15.2 Å². The van der Waals surface area contributed by atoms with Crippen molar-refractivity contribution in [3.63, 3.8) is 0 Å². The highest BCUT2D eigenvalue weighted by Crippen LogP contribution is 2.41. The van der Waals surface area contributed by atoms with E-state index in [1.165, 1.54) is 12.1 Å². The van der Waals surface area contributed by atoms with Crippen molar-refractivity contribution in [1.29, 1.82) is 0 Å². The van der Waals surface area contributed by atoms with Crippen molar-refractivity contribution in [2.45, 2.75) is 18.4 Å². The molecule has 0 aromatic heterocycles. The number of carboxylic acid groups (broad SMARTS) is 1. The summed E-state index contributed by atoms with van der Waals surface area (Å²) in [6.07, 6.45) is 1.61. The zero-order valence-corrected chi connectivity index (χ0v) is 12.9. The van der Waals surface area contributed by atoms with E-state index in [1.807, 2.05) is 0 Å². The van der Waals surface area contributed by atoms with Crippen LogP contribution in [-0.4, -0.2) is 35.2 Å². The lowest BCUT2D eigenvalue weighted by molar-refractivity contribution is -0.386. The fourth-order valence-corrected chi connectivity index (χ4v) is 2.61. The zero-order chi connectivity index (χ0) is 15.6. The standard InChI is InChI=1S/C13H15BrN2O5/c1-15-13(12(17)18,8-2-3-8)7-21-11-5-4-9(14)6-10(11)16(19)20/h4-6,8,15H,2-3,7H2,1H3,(H,17,18). The first kappa shape index (κ1) is 15.7. The molecule has 1 fully saturated rings. The summed E-state index contributed by atoms with van der Waals surface area (Å²) < 4.78 is 6.02. The van der Waals surface area contributed by atoms with Gasteiger partial charge in [0.05, 0.1) is 4.92 Å². The van der Waals surface area contributed by atoms with Crippen LogP contribution < -0.4 is 10.1 Å². The topological polar surface area (TPSA) is 102 Å². The molecule has 1 aliphatic rings. The zero-order valence-electron chi connectivity index (χ0n) is 11.3. The van der Waals surface area contributed by atoms with Crippen molar-refractivity contribution in [2.24, 2.45) is 5.92 Å². The van der Waals surface area contributed by atoms with E-state index in [1.54, 1.807) is 13.1 Å². The fourth-order valence-electron chi connectivity index (χ4n) is 2.26. The summed E-state index contributed by atoms with van der Waals surface area (Å²) in [5.41, 5.74) is -1.41. The van der Waals surface area contributed by atoms with E-state index in [0.29, 0.717) is 4.47 Å². The third-order valence-electron chi connectivity index (χ3n) is 3.68. The van der Waals surface area contributed by atoms with E-state index in [0.717, 1.165) is 12.8 Å². The molecule has 21 heavy (non-hydrogen) atoms. The Morgan fingerprint density at radius 3 is 2.76 bits per heavy atom. The van der Waals surface area contributed by atoms with Gasteiger partial charge in [0.2, 0.25) is 0 Å². The number of rotatable bonds is 7. The van der Waals surface area contributed by atoms with Gasteiger partial charge in [0.15, 0.2) is 11.3 Å². The number of nitro groups is 1. The van der Waals surface area contributed by atoms with E-state index in [2.05, 4.69) is 21.2 Å². The van der Waals surface area contributed by atoms with Gasteiger partial charge >= 0.3 is 11.7 Å². The molecule has 1 aromatic rings. The highest BCUT2D eigenvalue weighted by atomic mass is 79.9. The SMILES string of the molecule is CNC(COc1ccc(Br)cc1[N+](=O)[O-])(C(=O)O)C1CC1. The molecule has 1 saturated carbocycles. The van der Waals surface area contributed by atoms with E-state index in [-0.39, 0.29) is 24.0 Å². The third kappa shape index (κ3) is 3.16. The van der Waals surface area contributed by atoms with Crippen molar-refractivity contribution in [2.75, 3.05) is 13.7 Å². The van der Waals surface area contributed by atoms with Crippen LogP contribution in [0, 0.1) is 16.0 Å². The Bertz CT molecular complexity index is 576. The number of carboxylic acids is 1. The normalized spacial score (nSPS) is 17.0. The minimum atomic E-state index is -1.21. The minimum absolute atomic E-state index is 0.0190. The first-order valence-electron chi connectivity index (χ1n) is 6.40. The maximum absolute atomic E-state index is 11.5. The summed E-state index contributed by atoms with van der Waals surface area (Å²) in [5, 5.41) is 23.3. The van der Waals surface area contributed by atoms with Crippen LogP contribution in [0.5, 0.6) is 5.75 Å². The van der Waals surface area contributed by atoms with Crippen LogP contribution in [0.2, 0.25) is 0 Å². The van der Waals surface area contributed by atoms with E-state index in [9.17, 15) is 20.0 Å². The highest BCUT2D eigenvalue weighted by molar-refractivity contribution is 9.10. The summed E-state index contributed by atoms with van der Waals surface area (Å²) in [7, 11) is 1.56. The Kier molecular flexibility index (Phi) is 4.48. The molecule has 0 radical (unpaired) electrons. The molecule has 0 amide bonds. The van der Waals surface area contributed by atoms with Crippen LogP contribution >= 0.6 is 15.9 Å². The highest BCUT2D eigenvalue weighted by Gasteiger charge is 2.51. The second kappa shape index (κ2) is 5.98. The number of carbonyl (C=O) groups is 1. The summed E-state index contributed by atoms with van der Waals surface area (Å²) in [4.78, 5) is 22.0. The number of likely N-dealkylation sites (N-methyl/N-ethyl adjacent to an activating group) is 1. The maximum atomic E-state index is 11.5. The molecule has 1 aliphatic carbocycles. The molecule has 1 unspecified atom stereocenters. The van der Waals surface area contributed by atoms with Gasteiger partial charge in [0, 0.05) is 10.5 Å². The van der Waals surface area contributed by atoms with Crippen LogP contribution in [0.25, 0.3) is 0 Å². The van der Waals surface area contributed by atoms with Gasteiger partial charge in [-0.15, -0.1) is 0 Å². The van der Waals surface area contributed by atoms with Crippen molar-refractivity contribution >= 4 is 27.6 Å². The first-order valence-corrected chi connectivity index (χ1v) is 7.19. The van der Waals surface area contributed by atoms with E-state index < -0.39 is 16.4 Å². The molecule has 0 saturated heterocycles. The number of nitro benzene ring substituents is 1. The number of hydrogen-bond acceptors (Lipinski definition) is 5. The molecule has 114 valence electrons. The van der Waals surface area contributed by atoms with Crippen LogP contribution in [0.1, 0.15) is 12.8 Å². The second-order valence-electron chi connectivity index (χ2n) is 4.96. The molecule has 2 rings (SSSR count). The van der Waals surface area contributed by atoms with Gasteiger partial charge in [-0.25, -0.2) is 0 Å². The quantitative estimate of drug-likeness (QED) is 0.572. The summed E-state index contributed by atoms with van der Waals surface area (Å²) in [6.45, 7) is -0.161. The average molecular weight is 359 g/mol. The first-order chi connectivity index (χ1) is 9.90. The second-order valence-corrected chi connectivity index (χ2v) is 5.87. The minimum Gasteiger partial charge on any atom is -0.484 e. The fraction of sp³-hybridized carbons (Fsp3) is 0.462. The van der Waals surface area contributed by atoms with Crippen molar-refractivity contribution in [1.82, 2.24) is 5.32 Å². The Morgan fingerprint density at radius 1 is 1.62 bits per heavy atom. The van der Waals surface area contributed by atoms with Crippen molar-refractivity contribution in [3.8, 4) is 5.75 Å². The lowest BCUT2D eigenvalue weighted by atomic mass is 9.94. The van der Waals surface area contributed by atoms with E-state index in [4.69, 9.17) is 4.74 Å². The van der Waals surface area contributed by atoms with Crippen LogP contribution in [0.3, 0.4) is 0 Å². The predicted molar refractivity (Wildman–Crippen MR) is 78.4 cm³/mol. The Balaban J connectivity index is 2.22. The van der Waals surface area contributed by atoms with Crippen molar-refractivity contribution < 1.29 is 19.6 Å². The predicted octanol–water partition coefficient (Wildman–Crippen LogP) is 2.19. The monoisotopic (exact) mass is 358 g/mol. The number of aliphatic carboxylic acids is 1. The van der Waals surface area contributed by atoms with Gasteiger partial charge in [-0.2, -0.15) is 0 Å². The molecule has 0 heterocycles. The van der Waals surface area contributed by atoms with Gasteiger partial charge in [-0.3, -0.25) is 14.9 Å². The number of nitrogens with one attached hydrogen (secondary N) is 1. The number of ether oxygens (including phenoxy) is 1. The van der Waals surface area contributed by atoms with Gasteiger partial charge in [0.1, 0.15) is 6.61 Å². The van der Waals surface area contributed by atoms with Gasteiger partial charge in [-0.1, -0.05) is 15.9 Å². The number of benzene rings is 1. The molecule has 1 atom stereocenters. The largest absolute Gasteiger partial charge is 0.484 e. The molecule has 2 N–H and O–H groups in total. The Labute approximate surface area is 129 Å². The Morgan fingerprint density at radius 2 is 2.29 bits per heavy atom. The van der Waals surface area contributed by atoms with Gasteiger partial charge in [-0.05, 0) is 37.9 Å². The smallest absolute Gasteiger partial charge is 0.327 e. The number of nitrogens with zero attached hydrogens (tertiary/aromatic N) is 1. The molecule has 0 spiro atoms. The number of halogens is 1. The molecular formula is C13H15BrN2O5. The summed E-state index contributed by atoms with van der Waals surface area (Å²) in [6, 6.07) is 4.40. The molecule has 0 bridgehead atoms. The number of hydrogen-bond donors (Lipinski definition) is 2. The average Bonchev–Trinajstić information content (AvgIpc) is 3.25. The van der Waals surface area contributed by atoms with E-state index >= 15 is 0 Å². The van der Waals surface area contributed by atoms with Crippen LogP contribution in [-0.2, 0) is 4.79 Å². The van der Waals surface area contributed by atoms with Crippen molar-refractivity contribution in [3.05, 3.63) is 32.8 Å². The molecule has 7 nitrogen and oxygen atoms in total. The summed E-state index contributed by atoms with van der Waals surface area (Å²) in [5.74, 6) is -0.966. The molecule has 1 aromatic carbocycles. The summed E-state index contributed by atoms with van der Waals surface area (Å²) >= 11 is 3.16. The van der Waals surface area contributed by atoms with Gasteiger partial charge in [0.25, 0.3) is 0 Å². The Hall–Kier alpha value is -1.67. The van der Waals surface area contributed by atoms with Crippen LogP contribution in [0.15, 0.2) is 22.7 Å². The lowest BCUT2D eigenvalue weighted by Gasteiger charge is -2.28. The molecule has 8 heteroatoms. The molecule has 0 aliphatic heterocycles. The van der Waals surface area contributed by atoms with Crippen LogP contribution in [0.4, 0.5) is 5.69 Å². The lowest BCUT2D eigenvalue weighted by Crippen LogP contribution is -2.56.